The van der Waals surface area contributed by atoms with Crippen molar-refractivity contribution in [3.8, 4) is 0 Å². The van der Waals surface area contributed by atoms with Crippen molar-refractivity contribution in [1.29, 1.82) is 0 Å². The molecule has 0 fully saturated rings. The molecule has 0 N–H and O–H groups in total. The minimum Gasteiger partial charge on any atom is -0.241 e. The van der Waals surface area contributed by atoms with E-state index in [-0.39, 0.29) is 0 Å². The van der Waals surface area contributed by atoms with Gasteiger partial charge in [0.1, 0.15) is 5.82 Å². The fraction of sp³-hybridized carbons (Fsp3) is 0.200. The molecule has 0 saturated heterocycles. The summed E-state index contributed by atoms with van der Waals surface area (Å²) < 4.78 is 0. The summed E-state index contributed by atoms with van der Waals surface area (Å²) in [6.07, 6.45) is 7.83. The lowest BCUT2D eigenvalue weighted by Crippen LogP contribution is -1.89. The highest BCUT2D eigenvalue weighted by Crippen LogP contribution is 2.20. The summed E-state index contributed by atoms with van der Waals surface area (Å²) in [4.78, 5) is 8.32. The lowest BCUT2D eigenvalue weighted by atomic mass is 10.0. The molecule has 3 heteroatoms. The normalized spacial score (nSPS) is 12.8. The van der Waals surface area contributed by atoms with E-state index >= 15 is 0 Å². The van der Waals surface area contributed by atoms with Crippen molar-refractivity contribution in [2.75, 3.05) is 0 Å². The molecule has 92 valence electrons. The second-order valence-electron chi connectivity index (χ2n) is 4.26. The Balaban J connectivity index is 2.08. The highest BCUT2D eigenvalue weighted by atomic mass is 35.5. The molecule has 0 aliphatic carbocycles. The van der Waals surface area contributed by atoms with E-state index in [1.807, 2.05) is 49.7 Å². The van der Waals surface area contributed by atoms with Gasteiger partial charge in [-0.2, -0.15) is 0 Å². The smallest absolute Gasteiger partial charge is 0.125 e. The monoisotopic (exact) mass is 258 g/mol. The molecule has 1 unspecified atom stereocenters. The van der Waals surface area contributed by atoms with E-state index in [0.29, 0.717) is 5.92 Å². The summed E-state index contributed by atoms with van der Waals surface area (Å²) in [6.45, 7) is 4.03. The third-order valence-electron chi connectivity index (χ3n) is 2.77. The summed E-state index contributed by atoms with van der Waals surface area (Å²) in [7, 11) is 0. The molecule has 0 aliphatic heterocycles. The second-order valence-corrected chi connectivity index (χ2v) is 4.70. The van der Waals surface area contributed by atoms with Crippen LogP contribution in [0.5, 0.6) is 0 Å². The lowest BCUT2D eigenvalue weighted by molar-refractivity contribution is 0.972. The van der Waals surface area contributed by atoms with Crippen LogP contribution in [0.25, 0.3) is 6.08 Å². The quantitative estimate of drug-likeness (QED) is 0.822. The average Bonchev–Trinajstić information content (AvgIpc) is 2.38. The van der Waals surface area contributed by atoms with Crippen LogP contribution in [0.3, 0.4) is 0 Å². The van der Waals surface area contributed by atoms with Gasteiger partial charge in [-0.3, -0.25) is 0 Å². The molecule has 0 radical (unpaired) electrons. The topological polar surface area (TPSA) is 25.8 Å². The number of hydrogen-bond acceptors (Lipinski definition) is 2. The van der Waals surface area contributed by atoms with Crippen LogP contribution in [-0.2, 0) is 0 Å². The summed E-state index contributed by atoms with van der Waals surface area (Å²) in [5, 5.41) is 0.766. The largest absolute Gasteiger partial charge is 0.241 e. The van der Waals surface area contributed by atoms with Gasteiger partial charge in [0.2, 0.25) is 0 Å². The Labute approximate surface area is 112 Å². The zero-order valence-electron chi connectivity index (χ0n) is 10.5. The van der Waals surface area contributed by atoms with Crippen molar-refractivity contribution in [2.24, 2.45) is 0 Å². The molecule has 1 aromatic heterocycles. The van der Waals surface area contributed by atoms with Crippen molar-refractivity contribution in [2.45, 2.75) is 19.8 Å². The van der Waals surface area contributed by atoms with E-state index in [4.69, 9.17) is 11.6 Å². The zero-order chi connectivity index (χ0) is 13.0. The van der Waals surface area contributed by atoms with E-state index in [1.165, 1.54) is 5.56 Å². The van der Waals surface area contributed by atoms with Gasteiger partial charge < -0.3 is 0 Å². The molecule has 0 spiro atoms. The van der Waals surface area contributed by atoms with Crippen LogP contribution in [0.15, 0.2) is 42.7 Å². The number of allylic oxidation sites excluding steroid dienone is 1. The number of halogens is 1. The van der Waals surface area contributed by atoms with Crippen molar-refractivity contribution in [3.05, 3.63) is 64.7 Å². The predicted molar refractivity (Wildman–Crippen MR) is 75.7 cm³/mol. The number of rotatable bonds is 3. The van der Waals surface area contributed by atoms with Crippen LogP contribution in [0.4, 0.5) is 0 Å². The van der Waals surface area contributed by atoms with Crippen LogP contribution >= 0.6 is 11.6 Å². The van der Waals surface area contributed by atoms with Gasteiger partial charge in [0.15, 0.2) is 0 Å². The van der Waals surface area contributed by atoms with Crippen LogP contribution in [0, 0.1) is 6.92 Å². The minimum absolute atomic E-state index is 0.337. The zero-order valence-corrected chi connectivity index (χ0v) is 11.2. The highest BCUT2D eigenvalue weighted by molar-refractivity contribution is 6.30. The van der Waals surface area contributed by atoms with Crippen LogP contribution in [0.1, 0.15) is 29.8 Å². The Morgan fingerprint density at radius 2 is 1.72 bits per heavy atom. The third kappa shape index (κ3) is 3.41. The van der Waals surface area contributed by atoms with Gasteiger partial charge in [0.25, 0.3) is 0 Å². The van der Waals surface area contributed by atoms with Crippen LogP contribution < -0.4 is 0 Å². The Hall–Kier alpha value is -1.67. The lowest BCUT2D eigenvalue weighted by Gasteiger charge is -2.06. The maximum absolute atomic E-state index is 5.87. The van der Waals surface area contributed by atoms with Crippen molar-refractivity contribution >= 4 is 17.7 Å². The maximum Gasteiger partial charge on any atom is 0.125 e. The van der Waals surface area contributed by atoms with Crippen molar-refractivity contribution in [1.82, 2.24) is 9.97 Å². The first-order valence-electron chi connectivity index (χ1n) is 5.87. The van der Waals surface area contributed by atoms with Gasteiger partial charge in [-0.05, 0) is 30.5 Å². The first kappa shape index (κ1) is 12.8. The number of aryl methyl sites for hydroxylation is 1. The van der Waals surface area contributed by atoms with Gasteiger partial charge in [-0.25, -0.2) is 9.97 Å². The fourth-order valence-electron chi connectivity index (χ4n) is 1.62. The maximum atomic E-state index is 5.87. The summed E-state index contributed by atoms with van der Waals surface area (Å²) in [5.74, 6) is 1.13. The average molecular weight is 259 g/mol. The molecule has 1 atom stereocenters. The first-order valence-corrected chi connectivity index (χ1v) is 6.25. The van der Waals surface area contributed by atoms with Crippen molar-refractivity contribution in [3.63, 3.8) is 0 Å². The summed E-state index contributed by atoms with van der Waals surface area (Å²) in [5.41, 5.74) is 2.25. The molecule has 1 aromatic carbocycles. The highest BCUT2D eigenvalue weighted by Gasteiger charge is 2.00. The Kier molecular flexibility index (Phi) is 4.11. The number of nitrogens with zero attached hydrogens (tertiary/aromatic N) is 2. The second kappa shape index (κ2) is 5.78. The molecule has 0 bridgehead atoms. The molecule has 2 aromatic rings. The minimum atomic E-state index is 0.337. The van der Waals surface area contributed by atoms with Gasteiger partial charge in [0, 0.05) is 23.0 Å². The Bertz CT molecular complexity index is 529. The molecule has 0 amide bonds. The number of benzene rings is 1. The fourth-order valence-corrected chi connectivity index (χ4v) is 1.75. The number of aromatic nitrogens is 2. The predicted octanol–water partition coefficient (Wildman–Crippen LogP) is 4.26. The number of hydrogen-bond donors (Lipinski definition) is 0. The van der Waals surface area contributed by atoms with E-state index < -0.39 is 0 Å². The van der Waals surface area contributed by atoms with Crippen LogP contribution in [0.2, 0.25) is 5.02 Å². The Morgan fingerprint density at radius 3 is 2.33 bits per heavy atom. The van der Waals surface area contributed by atoms with Crippen molar-refractivity contribution < 1.29 is 0 Å². The summed E-state index contributed by atoms with van der Waals surface area (Å²) in [6, 6.07) is 7.92. The summed E-state index contributed by atoms with van der Waals surface area (Å²) >= 11 is 5.87. The molecule has 18 heavy (non-hydrogen) atoms. The molecule has 2 nitrogen and oxygen atoms in total. The SMILES string of the molecule is Cc1ncc(C=CC(C)c2ccc(Cl)cc2)cn1. The van der Waals surface area contributed by atoms with Gasteiger partial charge >= 0.3 is 0 Å². The molecular weight excluding hydrogens is 244 g/mol. The van der Waals surface area contributed by atoms with E-state index in [2.05, 4.69) is 23.0 Å². The molecular formula is C15H15ClN2. The van der Waals surface area contributed by atoms with E-state index in [0.717, 1.165) is 16.4 Å². The van der Waals surface area contributed by atoms with E-state index in [1.54, 1.807) is 0 Å². The molecule has 1 heterocycles. The van der Waals surface area contributed by atoms with Crippen LogP contribution in [-0.4, -0.2) is 9.97 Å². The molecule has 2 rings (SSSR count). The van der Waals surface area contributed by atoms with Gasteiger partial charge in [-0.1, -0.05) is 42.8 Å². The first-order chi connectivity index (χ1) is 8.65. The Morgan fingerprint density at radius 1 is 1.11 bits per heavy atom. The van der Waals surface area contributed by atoms with E-state index in [9.17, 15) is 0 Å². The molecule has 0 saturated carbocycles. The van der Waals surface area contributed by atoms with Gasteiger partial charge in [-0.15, -0.1) is 0 Å². The standard InChI is InChI=1S/C15H15ClN2/c1-11(14-5-7-15(16)8-6-14)3-4-13-9-17-12(2)18-10-13/h3-11H,1-2H3. The van der Waals surface area contributed by atoms with Gasteiger partial charge in [0.05, 0.1) is 0 Å². The third-order valence-corrected chi connectivity index (χ3v) is 3.03. The molecule has 0 aliphatic rings.